The van der Waals surface area contributed by atoms with E-state index in [9.17, 15) is 18.3 Å². The zero-order chi connectivity index (χ0) is 27.2. The number of carbonyl (C=O) groups is 1. The van der Waals surface area contributed by atoms with E-state index in [0.29, 0.717) is 17.2 Å². The number of amides is 2. The van der Waals surface area contributed by atoms with Crippen LogP contribution in [0.3, 0.4) is 0 Å². The Morgan fingerprint density at radius 2 is 1.92 bits per heavy atom. The number of para-hydroxylation sites is 1. The Hall–Kier alpha value is -3.06. The van der Waals surface area contributed by atoms with E-state index < -0.39 is 22.2 Å². The van der Waals surface area contributed by atoms with Crippen LogP contribution in [0.5, 0.6) is 5.75 Å². The molecular weight excluding hydrogens is 490 g/mol. The number of nitrogens with one attached hydrogen (secondary N) is 1. The minimum absolute atomic E-state index is 0.0236. The lowest BCUT2D eigenvalue weighted by molar-refractivity contribution is 0.0830. The number of hydrogen-bond acceptors (Lipinski definition) is 5. The molecule has 1 aliphatic rings. The highest BCUT2D eigenvalue weighted by atomic mass is 32.2. The summed E-state index contributed by atoms with van der Waals surface area (Å²) in [6.45, 7) is 7.77. The van der Waals surface area contributed by atoms with Gasteiger partial charge in [-0.3, -0.25) is 0 Å². The second kappa shape index (κ2) is 12.5. The Labute approximate surface area is 220 Å². The van der Waals surface area contributed by atoms with Crippen molar-refractivity contribution in [2.24, 2.45) is 11.8 Å². The first-order valence-electron chi connectivity index (χ1n) is 12.5. The maximum Gasteiger partial charge on any atom is 0.321 e. The van der Waals surface area contributed by atoms with Gasteiger partial charge in [-0.15, -0.1) is 0 Å². The van der Waals surface area contributed by atoms with Gasteiger partial charge in [0.1, 0.15) is 16.7 Å². The number of ether oxygens (including phenoxy) is 1. The van der Waals surface area contributed by atoms with Crippen LogP contribution in [0.15, 0.2) is 53.4 Å². The predicted molar refractivity (Wildman–Crippen MR) is 145 cm³/mol. The molecular formula is C28H37N3O5S. The molecule has 2 amide bonds. The van der Waals surface area contributed by atoms with Crippen LogP contribution in [0.1, 0.15) is 39.7 Å². The van der Waals surface area contributed by atoms with Gasteiger partial charge in [-0.05, 0) is 43.2 Å². The molecule has 0 radical (unpaired) electrons. The van der Waals surface area contributed by atoms with Crippen LogP contribution >= 0.6 is 0 Å². The zero-order valence-corrected chi connectivity index (χ0v) is 23.0. The van der Waals surface area contributed by atoms with Gasteiger partial charge in [-0.25, -0.2) is 13.2 Å². The molecule has 0 spiro atoms. The fourth-order valence-electron chi connectivity index (χ4n) is 3.97. The molecule has 0 fully saturated rings. The van der Waals surface area contributed by atoms with Crippen molar-refractivity contribution in [3.05, 3.63) is 54.1 Å². The summed E-state index contributed by atoms with van der Waals surface area (Å²) in [6.07, 6.45) is 0.215. The molecule has 0 bridgehead atoms. The first-order valence-corrected chi connectivity index (χ1v) is 14.0. The Morgan fingerprint density at radius 3 is 2.57 bits per heavy atom. The molecule has 9 heteroatoms. The van der Waals surface area contributed by atoms with Gasteiger partial charge in [0.05, 0.1) is 13.2 Å². The maximum absolute atomic E-state index is 13.6. The fourth-order valence-corrected chi connectivity index (χ4v) is 5.80. The van der Waals surface area contributed by atoms with Crippen LogP contribution in [0.4, 0.5) is 10.5 Å². The summed E-state index contributed by atoms with van der Waals surface area (Å²) in [4.78, 5) is 14.4. The standard InChI is InChI=1S/C28H37N3O5S/c1-20(2)10-9-11-23-14-15-27-25(16-23)36-26(21(3)17-31(22(4)19-32)37(27,34)35)18-30(5)28(33)29-24-12-7-6-8-13-24/h6-8,12-16,20-22,26,32H,10,17-19H2,1-5H3,(H,29,33)/t21-,22-,26-/m1/s1. The third kappa shape index (κ3) is 7.25. The van der Waals surface area contributed by atoms with Crippen molar-refractivity contribution in [2.75, 3.05) is 32.1 Å². The molecule has 3 atom stereocenters. The van der Waals surface area contributed by atoms with E-state index in [1.807, 2.05) is 25.1 Å². The Morgan fingerprint density at radius 1 is 1.22 bits per heavy atom. The molecule has 0 saturated heterocycles. The van der Waals surface area contributed by atoms with E-state index in [-0.39, 0.29) is 42.3 Å². The maximum atomic E-state index is 13.6. The average Bonchev–Trinajstić information content (AvgIpc) is 2.86. The number of urea groups is 1. The number of carbonyl (C=O) groups excluding carboxylic acids is 1. The molecule has 0 aromatic heterocycles. The van der Waals surface area contributed by atoms with Crippen LogP contribution in [0.25, 0.3) is 0 Å². The second-order valence-electron chi connectivity index (χ2n) is 9.98. The quantitative estimate of drug-likeness (QED) is 0.553. The molecule has 200 valence electrons. The van der Waals surface area contributed by atoms with Gasteiger partial charge >= 0.3 is 6.03 Å². The van der Waals surface area contributed by atoms with Crippen molar-refractivity contribution in [1.29, 1.82) is 0 Å². The number of aliphatic hydroxyl groups is 1. The van der Waals surface area contributed by atoms with Crippen molar-refractivity contribution >= 4 is 21.7 Å². The third-order valence-electron chi connectivity index (χ3n) is 6.24. The van der Waals surface area contributed by atoms with E-state index in [0.717, 1.165) is 6.42 Å². The van der Waals surface area contributed by atoms with Crippen LogP contribution in [0, 0.1) is 23.7 Å². The number of rotatable bonds is 6. The average molecular weight is 528 g/mol. The predicted octanol–water partition coefficient (Wildman–Crippen LogP) is 4.02. The Bertz CT molecular complexity index is 1240. The van der Waals surface area contributed by atoms with Crippen LogP contribution < -0.4 is 10.1 Å². The van der Waals surface area contributed by atoms with E-state index >= 15 is 0 Å². The smallest absolute Gasteiger partial charge is 0.321 e. The van der Waals surface area contributed by atoms with Crippen LogP contribution in [-0.2, 0) is 10.0 Å². The van der Waals surface area contributed by atoms with Gasteiger partial charge in [0.15, 0.2) is 0 Å². The van der Waals surface area contributed by atoms with Gasteiger partial charge < -0.3 is 20.1 Å². The molecule has 3 rings (SSSR count). The molecule has 1 heterocycles. The summed E-state index contributed by atoms with van der Waals surface area (Å²) in [5.41, 5.74) is 1.33. The van der Waals surface area contributed by atoms with Crippen molar-refractivity contribution in [3.63, 3.8) is 0 Å². The van der Waals surface area contributed by atoms with Crippen LogP contribution in [-0.4, -0.2) is 67.7 Å². The Kier molecular flexibility index (Phi) is 9.60. The molecule has 0 aliphatic carbocycles. The summed E-state index contributed by atoms with van der Waals surface area (Å²) >= 11 is 0. The highest BCUT2D eigenvalue weighted by Gasteiger charge is 2.38. The number of aliphatic hydroxyl groups excluding tert-OH is 1. The van der Waals surface area contributed by atoms with Gasteiger partial charge in [-0.2, -0.15) is 4.31 Å². The van der Waals surface area contributed by atoms with Crippen molar-refractivity contribution in [1.82, 2.24) is 9.21 Å². The molecule has 2 aromatic carbocycles. The lowest BCUT2D eigenvalue weighted by Gasteiger charge is -2.37. The number of hydrogen-bond donors (Lipinski definition) is 2. The molecule has 37 heavy (non-hydrogen) atoms. The minimum atomic E-state index is -3.94. The SMILES string of the molecule is CC(C)CC#Cc1ccc2c(c1)O[C@H](CN(C)C(=O)Nc1ccccc1)[C@H](C)CN([C@H](C)CO)S2(=O)=O. The largest absolute Gasteiger partial charge is 0.487 e. The number of sulfonamides is 1. The lowest BCUT2D eigenvalue weighted by Crippen LogP contribution is -2.50. The summed E-state index contributed by atoms with van der Waals surface area (Å²) in [6, 6.07) is 13.1. The van der Waals surface area contributed by atoms with Crippen LogP contribution in [0.2, 0.25) is 0 Å². The van der Waals surface area contributed by atoms with E-state index in [1.165, 1.54) is 15.3 Å². The van der Waals surface area contributed by atoms with Gasteiger partial charge in [-0.1, -0.05) is 50.8 Å². The lowest BCUT2D eigenvalue weighted by atomic mass is 10.0. The first-order chi connectivity index (χ1) is 17.5. The number of anilines is 1. The molecule has 2 aromatic rings. The minimum Gasteiger partial charge on any atom is -0.487 e. The highest BCUT2D eigenvalue weighted by molar-refractivity contribution is 7.89. The van der Waals surface area contributed by atoms with Crippen molar-refractivity contribution < 1.29 is 23.1 Å². The highest BCUT2D eigenvalue weighted by Crippen LogP contribution is 2.34. The molecule has 2 N–H and O–H groups in total. The first kappa shape index (κ1) is 28.5. The molecule has 1 aliphatic heterocycles. The van der Waals surface area contributed by atoms with Crippen molar-refractivity contribution in [2.45, 2.75) is 51.2 Å². The monoisotopic (exact) mass is 527 g/mol. The summed E-state index contributed by atoms with van der Waals surface area (Å²) in [7, 11) is -2.27. The number of fused-ring (bicyclic) bond motifs is 1. The Balaban J connectivity index is 1.95. The number of benzene rings is 2. The molecule has 0 unspecified atom stereocenters. The zero-order valence-electron chi connectivity index (χ0n) is 22.1. The van der Waals surface area contributed by atoms with E-state index in [1.54, 1.807) is 38.2 Å². The van der Waals surface area contributed by atoms with E-state index in [4.69, 9.17) is 4.74 Å². The van der Waals surface area contributed by atoms with Gasteiger partial charge in [0.2, 0.25) is 10.0 Å². The molecule has 0 saturated carbocycles. The van der Waals surface area contributed by atoms with E-state index in [2.05, 4.69) is 31.0 Å². The topological polar surface area (TPSA) is 99.2 Å². The fraction of sp³-hybridized carbons (Fsp3) is 0.464. The summed E-state index contributed by atoms with van der Waals surface area (Å²) < 4.78 is 34.9. The molecule has 8 nitrogen and oxygen atoms in total. The van der Waals surface area contributed by atoms with Crippen molar-refractivity contribution in [3.8, 4) is 17.6 Å². The van der Waals surface area contributed by atoms with Gasteiger partial charge in [0.25, 0.3) is 0 Å². The number of nitrogens with zero attached hydrogens (tertiary/aromatic N) is 2. The summed E-state index contributed by atoms with van der Waals surface area (Å²) in [5, 5.41) is 12.7. The second-order valence-corrected chi connectivity index (χ2v) is 11.8. The number of likely N-dealkylation sites (N-methyl/N-ethyl adjacent to an activating group) is 1. The summed E-state index contributed by atoms with van der Waals surface area (Å²) in [5.74, 6) is 6.55. The third-order valence-corrected chi connectivity index (χ3v) is 8.26. The normalized spacial score (nSPS) is 19.9. The van der Waals surface area contributed by atoms with Gasteiger partial charge in [0, 0.05) is 43.2 Å².